The van der Waals surface area contributed by atoms with Crippen LogP contribution in [-0.2, 0) is 0 Å². The Morgan fingerprint density at radius 3 is 2.82 bits per heavy atom. The van der Waals surface area contributed by atoms with Crippen molar-refractivity contribution in [1.82, 2.24) is 30.0 Å². The van der Waals surface area contributed by atoms with Crippen molar-refractivity contribution in [1.29, 1.82) is 0 Å². The van der Waals surface area contributed by atoms with E-state index in [-0.39, 0.29) is 5.91 Å². The highest BCUT2D eigenvalue weighted by molar-refractivity contribution is 5.95. The molecule has 5 aromatic rings. The number of benzene rings is 2. The van der Waals surface area contributed by atoms with E-state index in [1.807, 2.05) is 53.4 Å². The highest BCUT2D eigenvalue weighted by atomic mass is 16.2. The van der Waals surface area contributed by atoms with Gasteiger partial charge >= 0.3 is 0 Å². The summed E-state index contributed by atoms with van der Waals surface area (Å²) < 4.78 is 0. The van der Waals surface area contributed by atoms with Crippen LogP contribution in [0.3, 0.4) is 0 Å². The summed E-state index contributed by atoms with van der Waals surface area (Å²) in [6.07, 6.45) is 6.24. The maximum absolute atomic E-state index is 12.7. The number of anilines is 2. The molecule has 0 radical (unpaired) electrons. The van der Waals surface area contributed by atoms with Crippen LogP contribution in [0.2, 0.25) is 0 Å². The molecule has 2 aromatic carbocycles. The molecule has 3 N–H and O–H groups in total. The van der Waals surface area contributed by atoms with Gasteiger partial charge in [-0.25, -0.2) is 9.97 Å². The minimum Gasteiger partial charge on any atom is -0.340 e. The lowest BCUT2D eigenvalue weighted by Gasteiger charge is -2.26. The van der Waals surface area contributed by atoms with Crippen molar-refractivity contribution < 1.29 is 4.79 Å². The monoisotopic (exact) mass is 435 g/mol. The van der Waals surface area contributed by atoms with Crippen LogP contribution >= 0.6 is 0 Å². The molecule has 0 spiro atoms. The van der Waals surface area contributed by atoms with Crippen molar-refractivity contribution in [2.75, 3.05) is 18.4 Å². The third-order valence-electron chi connectivity index (χ3n) is 5.99. The van der Waals surface area contributed by atoms with Crippen molar-refractivity contribution in [2.45, 2.75) is 6.42 Å². The average molecular weight is 435 g/mol. The number of amides is 1. The fraction of sp³-hybridized carbons (Fsp3) is 0.120. The first-order valence-corrected chi connectivity index (χ1v) is 10.8. The number of H-pyrrole nitrogens is 2. The van der Waals surface area contributed by atoms with E-state index in [1.54, 1.807) is 12.5 Å². The number of hydrogen-bond donors (Lipinski definition) is 3. The van der Waals surface area contributed by atoms with Gasteiger partial charge in [0.15, 0.2) is 0 Å². The number of nitrogens with zero attached hydrogens (tertiary/aromatic N) is 4. The number of aromatic amines is 2. The van der Waals surface area contributed by atoms with Crippen molar-refractivity contribution in [3.8, 4) is 0 Å². The lowest BCUT2D eigenvalue weighted by Crippen LogP contribution is -2.34. The minimum atomic E-state index is 0.0643. The Morgan fingerprint density at radius 2 is 1.97 bits per heavy atom. The van der Waals surface area contributed by atoms with Gasteiger partial charge in [-0.3, -0.25) is 9.89 Å². The summed E-state index contributed by atoms with van der Waals surface area (Å²) in [5.41, 5.74) is 5.59. The summed E-state index contributed by atoms with van der Waals surface area (Å²) >= 11 is 0. The largest absolute Gasteiger partial charge is 0.340 e. The van der Waals surface area contributed by atoms with Gasteiger partial charge in [-0.15, -0.1) is 0 Å². The second kappa shape index (κ2) is 7.90. The molecule has 0 atom stereocenters. The van der Waals surface area contributed by atoms with E-state index in [2.05, 4.69) is 42.6 Å². The average Bonchev–Trinajstić information content (AvgIpc) is 3.52. The Kier molecular flexibility index (Phi) is 4.61. The normalized spacial score (nSPS) is 13.9. The van der Waals surface area contributed by atoms with Gasteiger partial charge in [0.1, 0.15) is 17.8 Å². The molecule has 1 amide bonds. The number of fused-ring (bicyclic) bond motifs is 2. The fourth-order valence-electron chi connectivity index (χ4n) is 4.23. The molecule has 3 aromatic heterocycles. The van der Waals surface area contributed by atoms with Gasteiger partial charge in [0.05, 0.1) is 17.1 Å². The van der Waals surface area contributed by atoms with Crippen LogP contribution < -0.4 is 5.32 Å². The first-order valence-electron chi connectivity index (χ1n) is 10.8. The van der Waals surface area contributed by atoms with E-state index in [4.69, 9.17) is 0 Å². The van der Waals surface area contributed by atoms with Crippen LogP contribution in [0.1, 0.15) is 22.5 Å². The molecule has 8 heteroatoms. The smallest absolute Gasteiger partial charge is 0.254 e. The number of carbonyl (C=O) groups excluding carboxylic acids is 1. The van der Waals surface area contributed by atoms with Gasteiger partial charge in [0.2, 0.25) is 0 Å². The highest BCUT2D eigenvalue weighted by Crippen LogP contribution is 2.30. The molecule has 0 fully saturated rings. The predicted molar refractivity (Wildman–Crippen MR) is 128 cm³/mol. The lowest BCUT2D eigenvalue weighted by molar-refractivity contribution is 0.0773. The predicted octanol–water partition coefficient (Wildman–Crippen LogP) is 4.51. The Labute approximate surface area is 189 Å². The number of hydrogen-bond acceptors (Lipinski definition) is 5. The van der Waals surface area contributed by atoms with Crippen molar-refractivity contribution in [3.63, 3.8) is 0 Å². The number of carbonyl (C=O) groups is 1. The molecule has 4 heterocycles. The minimum absolute atomic E-state index is 0.0643. The Hall–Kier alpha value is -4.46. The van der Waals surface area contributed by atoms with Gasteiger partial charge in [-0.2, -0.15) is 5.10 Å². The molecule has 0 aliphatic carbocycles. The van der Waals surface area contributed by atoms with Crippen LogP contribution in [0.5, 0.6) is 0 Å². The Morgan fingerprint density at radius 1 is 1.06 bits per heavy atom. The van der Waals surface area contributed by atoms with Crippen LogP contribution in [0.4, 0.5) is 11.5 Å². The van der Waals surface area contributed by atoms with Gasteiger partial charge in [-0.1, -0.05) is 24.3 Å². The quantitative estimate of drug-likeness (QED) is 0.386. The molecular formula is C25H21N7O. The molecule has 0 saturated carbocycles. The van der Waals surface area contributed by atoms with E-state index < -0.39 is 0 Å². The third kappa shape index (κ3) is 3.61. The van der Waals surface area contributed by atoms with Crippen molar-refractivity contribution >= 4 is 44.9 Å². The molecule has 6 rings (SSSR count). The topological polar surface area (TPSA) is 103 Å². The summed E-state index contributed by atoms with van der Waals surface area (Å²) in [5.74, 6) is 0.803. The molecule has 8 nitrogen and oxygen atoms in total. The van der Waals surface area contributed by atoms with E-state index in [0.29, 0.717) is 13.1 Å². The van der Waals surface area contributed by atoms with Gasteiger partial charge in [-0.05, 0) is 48.4 Å². The maximum Gasteiger partial charge on any atom is 0.254 e. The third-order valence-corrected chi connectivity index (χ3v) is 5.99. The lowest BCUT2D eigenvalue weighted by atomic mass is 10.0. The van der Waals surface area contributed by atoms with E-state index in [1.165, 1.54) is 5.57 Å². The SMILES string of the molecule is O=C(c1ccccc1)N1CC=C(c2cc3c(Nc4ccc5[nH]ncc5c4)ncnc3[nH]2)CC1. The Bertz CT molecular complexity index is 1500. The van der Waals surface area contributed by atoms with Crippen LogP contribution in [0, 0.1) is 0 Å². The second-order valence-electron chi connectivity index (χ2n) is 8.06. The highest BCUT2D eigenvalue weighted by Gasteiger charge is 2.20. The van der Waals surface area contributed by atoms with E-state index in [9.17, 15) is 4.79 Å². The molecule has 1 aliphatic rings. The second-order valence-corrected chi connectivity index (χ2v) is 8.06. The zero-order valence-electron chi connectivity index (χ0n) is 17.7. The summed E-state index contributed by atoms with van der Waals surface area (Å²) in [7, 11) is 0. The zero-order valence-corrected chi connectivity index (χ0v) is 17.7. The Balaban J connectivity index is 1.24. The van der Waals surface area contributed by atoms with Crippen molar-refractivity contribution in [2.24, 2.45) is 0 Å². The standard InChI is InChI=1S/C25H21N7O/c33-25(17-4-2-1-3-5-17)32-10-8-16(9-11-32)22-13-20-23(26-15-27-24(20)30-22)29-19-6-7-21-18(12-19)14-28-31-21/h1-8,12-15H,9-11H2,(H,28,31)(H2,26,27,29,30). The first kappa shape index (κ1) is 19.2. The van der Waals surface area contributed by atoms with E-state index in [0.717, 1.165) is 51.1 Å². The summed E-state index contributed by atoms with van der Waals surface area (Å²) in [4.78, 5) is 26.9. The number of rotatable bonds is 4. The zero-order chi connectivity index (χ0) is 22.2. The first-order chi connectivity index (χ1) is 16.2. The molecule has 0 unspecified atom stereocenters. The fourth-order valence-corrected chi connectivity index (χ4v) is 4.23. The summed E-state index contributed by atoms with van der Waals surface area (Å²) in [5, 5.41) is 12.4. The van der Waals surface area contributed by atoms with E-state index >= 15 is 0 Å². The van der Waals surface area contributed by atoms with Gasteiger partial charge < -0.3 is 15.2 Å². The maximum atomic E-state index is 12.7. The van der Waals surface area contributed by atoms with Crippen LogP contribution in [0.25, 0.3) is 27.5 Å². The van der Waals surface area contributed by atoms with Gasteiger partial charge in [0, 0.05) is 35.4 Å². The molecular weight excluding hydrogens is 414 g/mol. The molecule has 33 heavy (non-hydrogen) atoms. The molecule has 1 aliphatic heterocycles. The summed E-state index contributed by atoms with van der Waals surface area (Å²) in [6, 6.07) is 17.5. The number of aromatic nitrogens is 5. The molecule has 0 saturated heterocycles. The van der Waals surface area contributed by atoms with Crippen LogP contribution in [0.15, 0.2) is 73.2 Å². The molecule has 162 valence electrons. The van der Waals surface area contributed by atoms with Crippen molar-refractivity contribution in [3.05, 3.63) is 84.5 Å². The van der Waals surface area contributed by atoms with Gasteiger partial charge in [0.25, 0.3) is 5.91 Å². The van der Waals surface area contributed by atoms with Crippen LogP contribution in [-0.4, -0.2) is 49.0 Å². The molecule has 0 bridgehead atoms. The summed E-state index contributed by atoms with van der Waals surface area (Å²) in [6.45, 7) is 1.26. The number of nitrogens with one attached hydrogen (secondary N) is 3.